The Morgan fingerprint density at radius 2 is 2.43 bits per heavy atom. The van der Waals surface area contributed by atoms with Crippen LogP contribution in [0.1, 0.15) is 0 Å². The van der Waals surface area contributed by atoms with Crippen molar-refractivity contribution in [1.29, 1.82) is 0 Å². The minimum absolute atomic E-state index is 0. The molecule has 0 aromatic carbocycles. The van der Waals surface area contributed by atoms with E-state index in [1.807, 2.05) is 6.21 Å². The Hall–Kier alpha value is -0.310. The molecule has 40 valence electrons. The average molecular weight is 164 g/mol. The van der Waals surface area contributed by atoms with E-state index in [1.165, 1.54) is 0 Å². The first-order valence-electron chi connectivity index (χ1n) is 1.84. The first-order valence-corrected chi connectivity index (χ1v) is 1.84. The molecule has 1 aliphatic rings. The van der Waals surface area contributed by atoms with Crippen LogP contribution in [0.4, 0.5) is 0 Å². The summed E-state index contributed by atoms with van der Waals surface area (Å²) in [6.07, 6.45) is 5.20. The smallest absolute Gasteiger partial charge is 0.201 e. The maximum Gasteiger partial charge on any atom is 0.201 e. The summed E-state index contributed by atoms with van der Waals surface area (Å²) in [6, 6.07) is 0. The van der Waals surface area contributed by atoms with E-state index in [1.54, 1.807) is 12.5 Å². The molecule has 3 heteroatoms. The van der Waals surface area contributed by atoms with Crippen LogP contribution in [0.5, 0.6) is 0 Å². The molecular weight excluding hydrogens is 158 g/mol. The summed E-state index contributed by atoms with van der Waals surface area (Å²) in [5.74, 6) is 0. The number of hydrogen-bond acceptors (Lipinski definition) is 1. The SMILES string of the molecule is C1=COCC=[NH+]1.[Br-]. The maximum absolute atomic E-state index is 4.77. The molecule has 0 fully saturated rings. The van der Waals surface area contributed by atoms with Crippen LogP contribution < -0.4 is 22.0 Å². The van der Waals surface area contributed by atoms with Crippen LogP contribution in [0.2, 0.25) is 0 Å². The van der Waals surface area contributed by atoms with Crippen LogP contribution >= 0.6 is 0 Å². The molecule has 1 rings (SSSR count). The number of nitrogens with one attached hydrogen (secondary N) is 1. The highest BCUT2D eigenvalue weighted by Crippen LogP contribution is 1.68. The second-order valence-electron chi connectivity index (χ2n) is 1.01. The average Bonchev–Trinajstić information content (AvgIpc) is 1.72. The van der Waals surface area contributed by atoms with Crippen LogP contribution in [0.3, 0.4) is 0 Å². The zero-order valence-electron chi connectivity index (χ0n) is 3.73. The van der Waals surface area contributed by atoms with Gasteiger partial charge in [0, 0.05) is 0 Å². The van der Waals surface area contributed by atoms with Gasteiger partial charge in [-0.05, 0) is 0 Å². The normalized spacial score (nSPS) is 14.9. The van der Waals surface area contributed by atoms with Gasteiger partial charge in [0.1, 0.15) is 6.26 Å². The van der Waals surface area contributed by atoms with Crippen LogP contribution in [0, 0.1) is 0 Å². The van der Waals surface area contributed by atoms with Crippen molar-refractivity contribution in [3.63, 3.8) is 0 Å². The predicted octanol–water partition coefficient (Wildman–Crippen LogP) is -4.36. The number of rotatable bonds is 0. The van der Waals surface area contributed by atoms with Crippen molar-refractivity contribution < 1.29 is 26.7 Å². The molecule has 0 bridgehead atoms. The molecule has 7 heavy (non-hydrogen) atoms. The van der Waals surface area contributed by atoms with Crippen molar-refractivity contribution in [2.45, 2.75) is 0 Å². The van der Waals surface area contributed by atoms with Gasteiger partial charge in [0.25, 0.3) is 0 Å². The lowest BCUT2D eigenvalue weighted by molar-refractivity contribution is -0.375. The van der Waals surface area contributed by atoms with Crippen molar-refractivity contribution in [2.75, 3.05) is 6.61 Å². The molecule has 0 aliphatic carbocycles. The Kier molecular flexibility index (Phi) is 3.69. The topological polar surface area (TPSA) is 23.2 Å². The summed E-state index contributed by atoms with van der Waals surface area (Å²) in [5, 5.41) is 0. The summed E-state index contributed by atoms with van der Waals surface area (Å²) in [4.78, 5) is 2.85. The van der Waals surface area contributed by atoms with Crippen molar-refractivity contribution in [1.82, 2.24) is 0 Å². The quantitative estimate of drug-likeness (QED) is 0.384. The molecular formula is C4H6BrNO. The van der Waals surface area contributed by atoms with Crippen LogP contribution in [0.25, 0.3) is 0 Å². The molecule has 0 spiro atoms. The molecule has 0 unspecified atom stereocenters. The monoisotopic (exact) mass is 163 g/mol. The third kappa shape index (κ3) is 2.39. The van der Waals surface area contributed by atoms with Gasteiger partial charge in [0.2, 0.25) is 6.20 Å². The fourth-order valence-electron chi connectivity index (χ4n) is 0.307. The third-order valence-electron chi connectivity index (χ3n) is 0.558. The predicted molar refractivity (Wildman–Crippen MR) is 22.1 cm³/mol. The maximum atomic E-state index is 4.77. The highest BCUT2D eigenvalue weighted by atomic mass is 79.9. The number of halogens is 1. The first-order chi connectivity index (χ1) is 3.00. The molecule has 0 aromatic rings. The van der Waals surface area contributed by atoms with Gasteiger partial charge < -0.3 is 21.7 Å². The largest absolute Gasteiger partial charge is 1.00 e. The number of hydrogen-bond donors (Lipinski definition) is 1. The van der Waals surface area contributed by atoms with Crippen molar-refractivity contribution in [3.8, 4) is 0 Å². The molecule has 0 atom stereocenters. The van der Waals surface area contributed by atoms with Crippen molar-refractivity contribution in [3.05, 3.63) is 12.5 Å². The van der Waals surface area contributed by atoms with Crippen LogP contribution in [-0.4, -0.2) is 12.8 Å². The molecule has 0 aromatic heterocycles. The van der Waals surface area contributed by atoms with E-state index in [0.29, 0.717) is 6.61 Å². The van der Waals surface area contributed by atoms with Gasteiger partial charge in [-0.15, -0.1) is 0 Å². The molecule has 2 nitrogen and oxygen atoms in total. The first kappa shape index (κ1) is 6.69. The van der Waals surface area contributed by atoms with Crippen LogP contribution in [-0.2, 0) is 4.74 Å². The third-order valence-corrected chi connectivity index (χ3v) is 0.558. The molecule has 1 N–H and O–H groups in total. The fraction of sp³-hybridized carbons (Fsp3) is 0.250. The summed E-state index contributed by atoms with van der Waals surface area (Å²) < 4.78 is 4.77. The van der Waals surface area contributed by atoms with Gasteiger partial charge in [0.15, 0.2) is 12.8 Å². The second kappa shape index (κ2) is 3.87. The van der Waals surface area contributed by atoms with E-state index < -0.39 is 0 Å². The molecule has 1 heterocycles. The minimum Gasteiger partial charge on any atom is -1.00 e. The fourth-order valence-corrected chi connectivity index (χ4v) is 0.307. The van der Waals surface area contributed by atoms with E-state index in [0.717, 1.165) is 0 Å². The zero-order chi connectivity index (χ0) is 4.24. The Morgan fingerprint density at radius 1 is 1.57 bits per heavy atom. The second-order valence-corrected chi connectivity index (χ2v) is 1.01. The Balaban J connectivity index is 0.000000360. The van der Waals surface area contributed by atoms with Crippen molar-refractivity contribution in [2.24, 2.45) is 0 Å². The molecule has 0 saturated carbocycles. The standard InChI is InChI=1S/C4H5NO.BrH/c1-3-6-4-2-5-1;/h1-3H,4H2;1H. The van der Waals surface area contributed by atoms with Crippen molar-refractivity contribution >= 4 is 6.21 Å². The zero-order valence-corrected chi connectivity index (χ0v) is 5.31. The highest BCUT2D eigenvalue weighted by Gasteiger charge is 1.83. The molecule has 0 saturated heterocycles. The van der Waals surface area contributed by atoms with Gasteiger partial charge in [-0.1, -0.05) is 0 Å². The van der Waals surface area contributed by atoms with Gasteiger partial charge >= 0.3 is 0 Å². The highest BCUT2D eigenvalue weighted by molar-refractivity contribution is 5.51. The summed E-state index contributed by atoms with van der Waals surface area (Å²) in [6.45, 7) is 0.677. The molecule has 0 radical (unpaired) electrons. The Labute approximate surface area is 52.7 Å². The summed E-state index contributed by atoms with van der Waals surface area (Å²) in [5.41, 5.74) is 0. The summed E-state index contributed by atoms with van der Waals surface area (Å²) >= 11 is 0. The van der Waals surface area contributed by atoms with Gasteiger partial charge in [0.05, 0.1) is 0 Å². The van der Waals surface area contributed by atoms with E-state index in [9.17, 15) is 0 Å². The van der Waals surface area contributed by atoms with Crippen LogP contribution in [0.15, 0.2) is 12.5 Å². The van der Waals surface area contributed by atoms with Gasteiger partial charge in [-0.3, -0.25) is 0 Å². The molecule has 1 aliphatic heterocycles. The van der Waals surface area contributed by atoms with Gasteiger partial charge in [-0.2, -0.15) is 0 Å². The van der Waals surface area contributed by atoms with E-state index in [2.05, 4.69) is 4.99 Å². The minimum atomic E-state index is 0. The lowest BCUT2D eigenvalue weighted by atomic mass is 10.7. The molecule has 0 amide bonds. The Bertz CT molecular complexity index is 77.7. The summed E-state index contributed by atoms with van der Waals surface area (Å²) in [7, 11) is 0. The van der Waals surface area contributed by atoms with Gasteiger partial charge in [-0.25, -0.2) is 4.99 Å². The lowest BCUT2D eigenvalue weighted by Gasteiger charge is -1.88. The van der Waals surface area contributed by atoms with E-state index in [4.69, 9.17) is 4.74 Å². The lowest BCUT2D eigenvalue weighted by Crippen LogP contribution is -3.00. The van der Waals surface area contributed by atoms with E-state index >= 15 is 0 Å². The Morgan fingerprint density at radius 3 is 2.57 bits per heavy atom. The van der Waals surface area contributed by atoms with E-state index in [-0.39, 0.29) is 17.0 Å². The number of ether oxygens (including phenoxy) is 1.